The molecule has 0 radical (unpaired) electrons. The average Bonchev–Trinajstić information content (AvgIpc) is 2.90. The largest absolute Gasteiger partial charge is 0.374 e. The SMILES string of the molecule is CCNC(CSC(C)CC)C1CCOC2(CCSC2)C1. The Labute approximate surface area is 133 Å². The van der Waals surface area contributed by atoms with Crippen molar-refractivity contribution in [3.05, 3.63) is 0 Å². The van der Waals surface area contributed by atoms with E-state index in [1.807, 2.05) is 0 Å². The average molecular weight is 318 g/mol. The van der Waals surface area contributed by atoms with Gasteiger partial charge >= 0.3 is 0 Å². The molecular weight excluding hydrogens is 286 g/mol. The van der Waals surface area contributed by atoms with Gasteiger partial charge in [0.05, 0.1) is 5.60 Å². The first-order valence-corrected chi connectivity index (χ1v) is 10.5. The molecule has 1 spiro atoms. The number of nitrogens with one attached hydrogen (secondary N) is 1. The zero-order valence-electron chi connectivity index (χ0n) is 13.3. The molecule has 0 aromatic rings. The Balaban J connectivity index is 1.90. The van der Waals surface area contributed by atoms with Crippen LogP contribution in [0.3, 0.4) is 0 Å². The first-order chi connectivity index (χ1) is 9.69. The van der Waals surface area contributed by atoms with E-state index in [1.54, 1.807) is 0 Å². The third-order valence-corrected chi connectivity index (χ3v) is 7.45. The Morgan fingerprint density at radius 2 is 2.30 bits per heavy atom. The van der Waals surface area contributed by atoms with Gasteiger partial charge in [-0.05, 0) is 43.9 Å². The second-order valence-corrected chi connectivity index (χ2v) is 8.88. The van der Waals surface area contributed by atoms with Gasteiger partial charge in [0.25, 0.3) is 0 Å². The van der Waals surface area contributed by atoms with Gasteiger partial charge in [0.15, 0.2) is 0 Å². The fraction of sp³-hybridized carbons (Fsp3) is 1.00. The molecule has 2 rings (SSSR count). The molecule has 0 aromatic heterocycles. The van der Waals surface area contributed by atoms with Crippen LogP contribution in [0.25, 0.3) is 0 Å². The first kappa shape index (κ1) is 17.0. The predicted molar refractivity (Wildman–Crippen MR) is 93.0 cm³/mol. The Hall–Kier alpha value is 0.620. The maximum Gasteiger partial charge on any atom is 0.0783 e. The van der Waals surface area contributed by atoms with Crippen molar-refractivity contribution in [2.75, 3.05) is 30.4 Å². The Morgan fingerprint density at radius 3 is 2.95 bits per heavy atom. The van der Waals surface area contributed by atoms with E-state index in [9.17, 15) is 0 Å². The van der Waals surface area contributed by atoms with E-state index in [2.05, 4.69) is 49.6 Å². The first-order valence-electron chi connectivity index (χ1n) is 8.26. The molecule has 0 saturated carbocycles. The molecule has 2 fully saturated rings. The molecule has 4 atom stereocenters. The van der Waals surface area contributed by atoms with Crippen LogP contribution in [0.5, 0.6) is 0 Å². The lowest BCUT2D eigenvalue weighted by atomic mass is 9.81. The van der Waals surface area contributed by atoms with Gasteiger partial charge in [-0.25, -0.2) is 0 Å². The summed E-state index contributed by atoms with van der Waals surface area (Å²) in [6, 6.07) is 0.672. The van der Waals surface area contributed by atoms with Crippen LogP contribution < -0.4 is 5.32 Å². The van der Waals surface area contributed by atoms with E-state index in [-0.39, 0.29) is 5.60 Å². The molecule has 1 N–H and O–H groups in total. The number of rotatable bonds is 7. The molecule has 2 heterocycles. The van der Waals surface area contributed by atoms with Crippen LogP contribution in [0.4, 0.5) is 0 Å². The summed E-state index contributed by atoms with van der Waals surface area (Å²) in [7, 11) is 0. The lowest BCUT2D eigenvalue weighted by molar-refractivity contribution is -0.0837. The Morgan fingerprint density at radius 1 is 1.45 bits per heavy atom. The smallest absolute Gasteiger partial charge is 0.0783 e. The van der Waals surface area contributed by atoms with E-state index in [0.29, 0.717) is 6.04 Å². The fourth-order valence-electron chi connectivity index (χ4n) is 3.28. The lowest BCUT2D eigenvalue weighted by Gasteiger charge is -2.41. The summed E-state index contributed by atoms with van der Waals surface area (Å²) in [5.74, 6) is 4.58. The normalized spacial score (nSPS) is 33.5. The molecule has 0 aliphatic carbocycles. The predicted octanol–water partition coefficient (Wildman–Crippen LogP) is 3.80. The Kier molecular flexibility index (Phi) is 7.05. The summed E-state index contributed by atoms with van der Waals surface area (Å²) in [5, 5.41) is 4.54. The van der Waals surface area contributed by atoms with Crippen LogP contribution in [-0.2, 0) is 4.74 Å². The summed E-state index contributed by atoms with van der Waals surface area (Å²) in [6.07, 6.45) is 5.06. The van der Waals surface area contributed by atoms with E-state index in [1.165, 1.54) is 42.9 Å². The molecule has 2 saturated heterocycles. The van der Waals surface area contributed by atoms with Crippen LogP contribution in [0.15, 0.2) is 0 Å². The molecule has 4 heteroatoms. The van der Waals surface area contributed by atoms with Gasteiger partial charge < -0.3 is 10.1 Å². The fourth-order valence-corrected chi connectivity index (χ4v) is 5.82. The van der Waals surface area contributed by atoms with E-state index in [0.717, 1.165) is 24.3 Å². The van der Waals surface area contributed by atoms with Gasteiger partial charge in [0, 0.05) is 29.4 Å². The summed E-state index contributed by atoms with van der Waals surface area (Å²) in [6.45, 7) is 8.94. The van der Waals surface area contributed by atoms with E-state index in [4.69, 9.17) is 4.74 Å². The summed E-state index contributed by atoms with van der Waals surface area (Å²) < 4.78 is 6.18. The summed E-state index contributed by atoms with van der Waals surface area (Å²) in [5.41, 5.74) is 0.224. The van der Waals surface area contributed by atoms with Gasteiger partial charge in [-0.3, -0.25) is 0 Å². The van der Waals surface area contributed by atoms with Gasteiger partial charge in [-0.2, -0.15) is 23.5 Å². The minimum absolute atomic E-state index is 0.224. The molecule has 0 amide bonds. The highest BCUT2D eigenvalue weighted by Gasteiger charge is 2.42. The number of hydrogen-bond donors (Lipinski definition) is 1. The van der Waals surface area contributed by atoms with Crippen LogP contribution in [-0.4, -0.2) is 47.3 Å². The molecule has 20 heavy (non-hydrogen) atoms. The summed E-state index contributed by atoms with van der Waals surface area (Å²) in [4.78, 5) is 0. The van der Waals surface area contributed by atoms with Gasteiger partial charge in [0.1, 0.15) is 0 Å². The second-order valence-electron chi connectivity index (χ2n) is 6.30. The minimum Gasteiger partial charge on any atom is -0.374 e. The highest BCUT2D eigenvalue weighted by Crippen LogP contribution is 2.41. The number of ether oxygens (including phenoxy) is 1. The highest BCUT2D eigenvalue weighted by molar-refractivity contribution is 8.00. The standard InChI is InChI=1S/C16H31NOS2/c1-4-13(3)20-11-15(17-5-2)14-6-8-18-16(10-14)7-9-19-12-16/h13-15,17H,4-12H2,1-3H3. The molecule has 0 bridgehead atoms. The van der Waals surface area contributed by atoms with Crippen LogP contribution in [0.1, 0.15) is 46.5 Å². The van der Waals surface area contributed by atoms with Crippen molar-refractivity contribution in [2.24, 2.45) is 5.92 Å². The van der Waals surface area contributed by atoms with Gasteiger partial charge in [-0.15, -0.1) is 0 Å². The number of thioether (sulfide) groups is 2. The molecule has 2 aliphatic rings. The highest BCUT2D eigenvalue weighted by atomic mass is 32.2. The van der Waals surface area contributed by atoms with Crippen molar-refractivity contribution in [3.8, 4) is 0 Å². The zero-order chi connectivity index (χ0) is 14.4. The van der Waals surface area contributed by atoms with Crippen molar-refractivity contribution in [1.29, 1.82) is 0 Å². The molecule has 0 aromatic carbocycles. The quantitative estimate of drug-likeness (QED) is 0.771. The minimum atomic E-state index is 0.224. The molecular formula is C16H31NOS2. The molecule has 2 aliphatic heterocycles. The zero-order valence-corrected chi connectivity index (χ0v) is 15.0. The van der Waals surface area contributed by atoms with Crippen molar-refractivity contribution >= 4 is 23.5 Å². The van der Waals surface area contributed by atoms with Crippen molar-refractivity contribution in [1.82, 2.24) is 5.32 Å². The molecule has 2 nitrogen and oxygen atoms in total. The van der Waals surface area contributed by atoms with Crippen LogP contribution in [0.2, 0.25) is 0 Å². The van der Waals surface area contributed by atoms with E-state index >= 15 is 0 Å². The monoisotopic (exact) mass is 317 g/mol. The Bertz CT molecular complexity index is 282. The van der Waals surface area contributed by atoms with E-state index < -0.39 is 0 Å². The van der Waals surface area contributed by atoms with Crippen molar-refractivity contribution in [3.63, 3.8) is 0 Å². The number of hydrogen-bond acceptors (Lipinski definition) is 4. The molecule has 118 valence electrons. The van der Waals surface area contributed by atoms with Crippen LogP contribution >= 0.6 is 23.5 Å². The topological polar surface area (TPSA) is 21.3 Å². The maximum atomic E-state index is 6.18. The second kappa shape index (κ2) is 8.30. The van der Waals surface area contributed by atoms with Gasteiger partial charge in [-0.1, -0.05) is 20.8 Å². The summed E-state index contributed by atoms with van der Waals surface area (Å²) >= 11 is 4.22. The van der Waals surface area contributed by atoms with Crippen molar-refractivity contribution < 1.29 is 4.74 Å². The van der Waals surface area contributed by atoms with Crippen LogP contribution in [0, 0.1) is 5.92 Å². The third-order valence-electron chi connectivity index (χ3n) is 4.77. The lowest BCUT2D eigenvalue weighted by Crippen LogP contribution is -2.48. The maximum absolute atomic E-state index is 6.18. The van der Waals surface area contributed by atoms with Gasteiger partial charge in [0.2, 0.25) is 0 Å². The molecule has 4 unspecified atom stereocenters. The third kappa shape index (κ3) is 4.56. The van der Waals surface area contributed by atoms with Crippen molar-refractivity contribution in [2.45, 2.75) is 63.3 Å².